The van der Waals surface area contributed by atoms with Crippen molar-refractivity contribution in [2.45, 2.75) is 26.7 Å². The van der Waals surface area contributed by atoms with Crippen LogP contribution >= 0.6 is 0 Å². The first-order valence-corrected chi connectivity index (χ1v) is 7.58. The van der Waals surface area contributed by atoms with Gasteiger partial charge in [-0.3, -0.25) is 9.59 Å². The van der Waals surface area contributed by atoms with Crippen molar-refractivity contribution < 1.29 is 4.79 Å². The summed E-state index contributed by atoms with van der Waals surface area (Å²) in [6.45, 7) is 3.82. The number of aromatic nitrogens is 5. The molecule has 0 bridgehead atoms. The van der Waals surface area contributed by atoms with Crippen LogP contribution in [0.3, 0.4) is 0 Å². The van der Waals surface area contributed by atoms with Crippen LogP contribution in [0.4, 0.5) is 5.69 Å². The molecule has 0 aromatic carbocycles. The summed E-state index contributed by atoms with van der Waals surface area (Å²) >= 11 is 0. The van der Waals surface area contributed by atoms with E-state index in [9.17, 15) is 9.59 Å². The van der Waals surface area contributed by atoms with Gasteiger partial charge in [-0.15, -0.1) is 0 Å². The Bertz CT molecular complexity index is 972. The number of amides is 1. The van der Waals surface area contributed by atoms with Crippen molar-refractivity contribution in [2.24, 2.45) is 7.05 Å². The smallest absolute Gasteiger partial charge is 0.274 e. The summed E-state index contributed by atoms with van der Waals surface area (Å²) in [5.74, 6) is 0.335. The Kier molecular flexibility index (Phi) is 4.11. The predicted octanol–water partition coefficient (Wildman–Crippen LogP) is 1.01. The molecule has 0 fully saturated rings. The summed E-state index contributed by atoms with van der Waals surface area (Å²) in [6, 6.07) is 3.31. The van der Waals surface area contributed by atoms with Crippen LogP contribution in [0.15, 0.2) is 29.5 Å². The monoisotopic (exact) mass is 326 g/mol. The molecule has 1 N–H and O–H groups in total. The van der Waals surface area contributed by atoms with Crippen LogP contribution in [0.2, 0.25) is 0 Å². The molecule has 0 aliphatic rings. The Morgan fingerprint density at radius 1 is 1.33 bits per heavy atom. The third-order valence-electron chi connectivity index (χ3n) is 3.99. The molecule has 0 radical (unpaired) electrons. The number of hydrogen-bond donors (Lipinski definition) is 1. The number of pyridine rings is 1. The molecule has 8 heteroatoms. The van der Waals surface area contributed by atoms with Gasteiger partial charge in [-0.05, 0) is 38.0 Å². The lowest BCUT2D eigenvalue weighted by atomic mass is 10.1. The SMILES string of the molecule is Cc1nc2ncnn2c(C)c1CCC(=O)Nc1cccn(C)c1=O. The molecule has 0 saturated carbocycles. The van der Waals surface area contributed by atoms with E-state index in [0.29, 0.717) is 12.2 Å². The Morgan fingerprint density at radius 2 is 2.12 bits per heavy atom. The van der Waals surface area contributed by atoms with E-state index >= 15 is 0 Å². The van der Waals surface area contributed by atoms with Gasteiger partial charge in [0.1, 0.15) is 12.0 Å². The lowest BCUT2D eigenvalue weighted by molar-refractivity contribution is -0.116. The highest BCUT2D eigenvalue weighted by molar-refractivity contribution is 5.90. The molecule has 124 valence electrons. The number of fused-ring (bicyclic) bond motifs is 1. The highest BCUT2D eigenvalue weighted by atomic mass is 16.2. The zero-order valence-electron chi connectivity index (χ0n) is 13.8. The third kappa shape index (κ3) is 2.90. The number of anilines is 1. The Balaban J connectivity index is 1.75. The number of carbonyl (C=O) groups is 1. The topological polar surface area (TPSA) is 94.2 Å². The molecule has 8 nitrogen and oxygen atoms in total. The van der Waals surface area contributed by atoms with Crippen molar-refractivity contribution in [3.05, 3.63) is 52.0 Å². The van der Waals surface area contributed by atoms with Crippen molar-refractivity contribution >= 4 is 17.4 Å². The van der Waals surface area contributed by atoms with Gasteiger partial charge in [-0.1, -0.05) is 0 Å². The highest BCUT2D eigenvalue weighted by Gasteiger charge is 2.13. The van der Waals surface area contributed by atoms with Crippen LogP contribution < -0.4 is 10.9 Å². The maximum atomic E-state index is 12.2. The van der Waals surface area contributed by atoms with Gasteiger partial charge in [0.15, 0.2) is 0 Å². The second kappa shape index (κ2) is 6.23. The summed E-state index contributed by atoms with van der Waals surface area (Å²) in [7, 11) is 1.64. The van der Waals surface area contributed by atoms with Crippen LogP contribution in [-0.2, 0) is 18.3 Å². The first kappa shape index (κ1) is 15.9. The maximum absolute atomic E-state index is 12.2. The minimum Gasteiger partial charge on any atom is -0.321 e. The number of hydrogen-bond acceptors (Lipinski definition) is 5. The molecule has 0 aliphatic heterocycles. The summed E-state index contributed by atoms with van der Waals surface area (Å²) in [5, 5.41) is 6.80. The second-order valence-corrected chi connectivity index (χ2v) is 5.62. The van der Waals surface area contributed by atoms with Gasteiger partial charge in [-0.25, -0.2) is 9.50 Å². The molecule has 0 atom stereocenters. The highest BCUT2D eigenvalue weighted by Crippen LogP contribution is 2.15. The quantitative estimate of drug-likeness (QED) is 0.772. The van der Waals surface area contributed by atoms with E-state index in [1.54, 1.807) is 29.9 Å². The molecule has 3 rings (SSSR count). The zero-order chi connectivity index (χ0) is 17.3. The standard InChI is InChI=1S/C16H18N6O2/c1-10-12(11(2)22-16(19-10)17-9-18-22)6-7-14(23)20-13-5-4-8-21(3)15(13)24/h4-5,8-9H,6-7H2,1-3H3,(H,20,23). The fraction of sp³-hybridized carbons (Fsp3) is 0.312. The molecule has 24 heavy (non-hydrogen) atoms. The normalized spacial score (nSPS) is 11.0. The number of carbonyl (C=O) groups excluding carboxylic acids is 1. The molecular formula is C16H18N6O2. The predicted molar refractivity (Wildman–Crippen MR) is 88.9 cm³/mol. The lowest BCUT2D eigenvalue weighted by Gasteiger charge is -2.10. The van der Waals surface area contributed by atoms with Crippen LogP contribution in [0.1, 0.15) is 23.4 Å². The summed E-state index contributed by atoms with van der Waals surface area (Å²) in [6.07, 6.45) is 3.86. The summed E-state index contributed by atoms with van der Waals surface area (Å²) < 4.78 is 3.08. The minimum atomic E-state index is -0.232. The molecule has 1 amide bonds. The fourth-order valence-electron chi connectivity index (χ4n) is 2.66. The Labute approximate surface area is 138 Å². The molecule has 0 unspecified atom stereocenters. The first-order chi connectivity index (χ1) is 11.5. The van der Waals surface area contributed by atoms with Crippen molar-refractivity contribution in [1.82, 2.24) is 24.1 Å². The molecule has 0 saturated heterocycles. The van der Waals surface area contributed by atoms with E-state index in [0.717, 1.165) is 17.0 Å². The van der Waals surface area contributed by atoms with E-state index in [1.807, 2.05) is 13.8 Å². The van der Waals surface area contributed by atoms with Crippen molar-refractivity contribution in [3.63, 3.8) is 0 Å². The lowest BCUT2D eigenvalue weighted by Crippen LogP contribution is -2.24. The van der Waals surface area contributed by atoms with Gasteiger partial charge in [-0.2, -0.15) is 10.1 Å². The van der Waals surface area contributed by atoms with Gasteiger partial charge in [0.25, 0.3) is 11.3 Å². The van der Waals surface area contributed by atoms with E-state index in [4.69, 9.17) is 0 Å². The van der Waals surface area contributed by atoms with Crippen molar-refractivity contribution in [1.29, 1.82) is 0 Å². The number of nitrogens with one attached hydrogen (secondary N) is 1. The van der Waals surface area contributed by atoms with E-state index in [2.05, 4.69) is 20.4 Å². The molecule has 3 aromatic rings. The van der Waals surface area contributed by atoms with E-state index in [-0.39, 0.29) is 23.6 Å². The third-order valence-corrected chi connectivity index (χ3v) is 3.99. The molecule has 3 aromatic heterocycles. The van der Waals surface area contributed by atoms with Crippen molar-refractivity contribution in [2.75, 3.05) is 5.32 Å². The van der Waals surface area contributed by atoms with Crippen LogP contribution in [0.25, 0.3) is 5.78 Å². The zero-order valence-corrected chi connectivity index (χ0v) is 13.8. The average molecular weight is 326 g/mol. The second-order valence-electron chi connectivity index (χ2n) is 5.62. The largest absolute Gasteiger partial charge is 0.321 e. The summed E-state index contributed by atoms with van der Waals surface area (Å²) in [5.41, 5.74) is 2.76. The molecule has 0 spiro atoms. The van der Waals surface area contributed by atoms with Gasteiger partial charge in [0.05, 0.1) is 0 Å². The van der Waals surface area contributed by atoms with Crippen LogP contribution in [0, 0.1) is 13.8 Å². The van der Waals surface area contributed by atoms with Gasteiger partial charge in [0.2, 0.25) is 5.91 Å². The number of aryl methyl sites for hydroxylation is 3. The van der Waals surface area contributed by atoms with Crippen LogP contribution in [0.5, 0.6) is 0 Å². The van der Waals surface area contributed by atoms with Gasteiger partial charge < -0.3 is 9.88 Å². The molecular weight excluding hydrogens is 308 g/mol. The molecule has 3 heterocycles. The van der Waals surface area contributed by atoms with Gasteiger partial charge in [0, 0.05) is 31.1 Å². The number of nitrogens with zero attached hydrogens (tertiary/aromatic N) is 5. The van der Waals surface area contributed by atoms with E-state index < -0.39 is 0 Å². The summed E-state index contributed by atoms with van der Waals surface area (Å²) in [4.78, 5) is 32.6. The fourth-order valence-corrected chi connectivity index (χ4v) is 2.66. The van der Waals surface area contributed by atoms with Gasteiger partial charge >= 0.3 is 0 Å². The Hall–Kier alpha value is -3.03. The minimum absolute atomic E-state index is 0.212. The molecule has 0 aliphatic carbocycles. The maximum Gasteiger partial charge on any atom is 0.274 e. The first-order valence-electron chi connectivity index (χ1n) is 7.58. The average Bonchev–Trinajstić information content (AvgIpc) is 3.00. The van der Waals surface area contributed by atoms with Crippen molar-refractivity contribution in [3.8, 4) is 0 Å². The van der Waals surface area contributed by atoms with Crippen LogP contribution in [-0.4, -0.2) is 30.1 Å². The Morgan fingerprint density at radius 3 is 2.92 bits per heavy atom. The number of rotatable bonds is 4. The van der Waals surface area contributed by atoms with E-state index in [1.165, 1.54) is 10.9 Å².